The van der Waals surface area contributed by atoms with Crippen LogP contribution in [0.3, 0.4) is 0 Å². The van der Waals surface area contributed by atoms with Gasteiger partial charge in [0, 0.05) is 0 Å². The summed E-state index contributed by atoms with van der Waals surface area (Å²) < 4.78 is 45.6. The van der Waals surface area contributed by atoms with Crippen LogP contribution in [0.5, 0.6) is 5.75 Å². The standard InChI is InChI=1S/C13H11F3N2O3/c1-7-11(8(2)21-18-7)12(19)17-9-5-3-4-6-10(9)20-13(14,15)16/h3-6H,1-2H3,(H,17,19). The molecule has 21 heavy (non-hydrogen) atoms. The minimum absolute atomic E-state index is 0.0974. The molecule has 0 bridgehead atoms. The summed E-state index contributed by atoms with van der Waals surface area (Å²) in [6.07, 6.45) is -4.84. The summed E-state index contributed by atoms with van der Waals surface area (Å²) in [6, 6.07) is 5.26. The zero-order chi connectivity index (χ0) is 15.6. The highest BCUT2D eigenvalue weighted by atomic mass is 19.4. The zero-order valence-electron chi connectivity index (χ0n) is 11.1. The van der Waals surface area contributed by atoms with E-state index in [9.17, 15) is 18.0 Å². The van der Waals surface area contributed by atoms with Gasteiger partial charge < -0.3 is 14.6 Å². The van der Waals surface area contributed by atoms with Gasteiger partial charge in [-0.25, -0.2) is 0 Å². The van der Waals surface area contributed by atoms with E-state index >= 15 is 0 Å². The number of halogens is 3. The number of carbonyl (C=O) groups is 1. The van der Waals surface area contributed by atoms with Gasteiger partial charge in [0.25, 0.3) is 5.91 Å². The molecule has 0 radical (unpaired) electrons. The molecule has 1 N–H and O–H groups in total. The topological polar surface area (TPSA) is 64.4 Å². The molecule has 0 aliphatic rings. The van der Waals surface area contributed by atoms with E-state index < -0.39 is 18.0 Å². The monoisotopic (exact) mass is 300 g/mol. The Balaban J connectivity index is 2.26. The molecule has 1 heterocycles. The number of rotatable bonds is 3. The van der Waals surface area contributed by atoms with Gasteiger partial charge in [0.15, 0.2) is 5.75 Å². The van der Waals surface area contributed by atoms with E-state index in [1.54, 1.807) is 6.92 Å². The molecule has 0 aliphatic carbocycles. The minimum atomic E-state index is -4.84. The van der Waals surface area contributed by atoms with Crippen LogP contribution in [0.1, 0.15) is 21.8 Å². The normalized spacial score (nSPS) is 11.3. The van der Waals surface area contributed by atoms with Crippen molar-refractivity contribution >= 4 is 11.6 Å². The van der Waals surface area contributed by atoms with Gasteiger partial charge in [0.1, 0.15) is 11.3 Å². The molecule has 2 rings (SSSR count). The lowest BCUT2D eigenvalue weighted by molar-refractivity contribution is -0.274. The fourth-order valence-corrected chi connectivity index (χ4v) is 1.78. The van der Waals surface area contributed by atoms with Crippen molar-refractivity contribution in [2.24, 2.45) is 0 Å². The number of benzene rings is 1. The predicted molar refractivity (Wildman–Crippen MR) is 67.1 cm³/mol. The van der Waals surface area contributed by atoms with Gasteiger partial charge in [-0.1, -0.05) is 17.3 Å². The van der Waals surface area contributed by atoms with Crippen molar-refractivity contribution in [1.29, 1.82) is 0 Å². The molecule has 2 aromatic rings. The largest absolute Gasteiger partial charge is 0.573 e. The van der Waals surface area contributed by atoms with Crippen LogP contribution in [0.25, 0.3) is 0 Å². The summed E-state index contributed by atoms with van der Waals surface area (Å²) in [5.74, 6) is -0.839. The summed E-state index contributed by atoms with van der Waals surface area (Å²) in [7, 11) is 0. The van der Waals surface area contributed by atoms with Crippen LogP contribution in [0.15, 0.2) is 28.8 Å². The Kier molecular flexibility index (Phi) is 3.88. The first-order valence-electron chi connectivity index (χ1n) is 5.87. The number of nitrogens with zero attached hydrogens (tertiary/aromatic N) is 1. The molecule has 0 atom stereocenters. The number of aromatic nitrogens is 1. The highest BCUT2D eigenvalue weighted by Gasteiger charge is 2.32. The fraction of sp³-hybridized carbons (Fsp3) is 0.231. The quantitative estimate of drug-likeness (QED) is 0.943. The fourth-order valence-electron chi connectivity index (χ4n) is 1.78. The van der Waals surface area contributed by atoms with Gasteiger partial charge in [-0.3, -0.25) is 4.79 Å². The molecule has 1 aromatic carbocycles. The maximum Gasteiger partial charge on any atom is 0.573 e. The van der Waals surface area contributed by atoms with Crippen molar-refractivity contribution in [2.75, 3.05) is 5.32 Å². The molecule has 0 fully saturated rings. The number of hydrogen-bond acceptors (Lipinski definition) is 4. The van der Waals surface area contributed by atoms with Gasteiger partial charge in [-0.05, 0) is 26.0 Å². The predicted octanol–water partition coefficient (Wildman–Crippen LogP) is 3.44. The van der Waals surface area contributed by atoms with Crippen molar-refractivity contribution in [2.45, 2.75) is 20.2 Å². The Morgan fingerprint density at radius 2 is 1.95 bits per heavy atom. The van der Waals surface area contributed by atoms with Crippen LogP contribution in [0.2, 0.25) is 0 Å². The minimum Gasteiger partial charge on any atom is -0.404 e. The average molecular weight is 300 g/mol. The number of ether oxygens (including phenoxy) is 1. The van der Waals surface area contributed by atoms with Gasteiger partial charge >= 0.3 is 6.36 Å². The second kappa shape index (κ2) is 5.47. The summed E-state index contributed by atoms with van der Waals surface area (Å²) in [6.45, 7) is 3.09. The first kappa shape index (κ1) is 14.9. The third-order valence-corrected chi connectivity index (χ3v) is 2.62. The SMILES string of the molecule is Cc1noc(C)c1C(=O)Nc1ccccc1OC(F)(F)F. The second-order valence-corrected chi connectivity index (χ2v) is 4.20. The summed E-state index contributed by atoms with van der Waals surface area (Å²) in [4.78, 5) is 12.1. The lowest BCUT2D eigenvalue weighted by atomic mass is 10.2. The number of nitrogens with one attached hydrogen (secondary N) is 1. The number of aryl methyl sites for hydroxylation is 2. The Labute approximate surface area is 117 Å². The van der Waals surface area contributed by atoms with Gasteiger partial charge in [-0.2, -0.15) is 0 Å². The summed E-state index contributed by atoms with van der Waals surface area (Å²) >= 11 is 0. The number of amides is 1. The van der Waals surface area contributed by atoms with Crippen LogP contribution in [-0.4, -0.2) is 17.4 Å². The van der Waals surface area contributed by atoms with Crippen molar-refractivity contribution < 1.29 is 27.2 Å². The van der Waals surface area contributed by atoms with Crippen LogP contribution in [0.4, 0.5) is 18.9 Å². The van der Waals surface area contributed by atoms with Crippen molar-refractivity contribution in [3.05, 3.63) is 41.3 Å². The van der Waals surface area contributed by atoms with Crippen LogP contribution in [-0.2, 0) is 0 Å². The smallest absolute Gasteiger partial charge is 0.404 e. The first-order valence-corrected chi connectivity index (χ1v) is 5.87. The van der Waals surface area contributed by atoms with E-state index in [2.05, 4.69) is 15.2 Å². The molecule has 0 aliphatic heterocycles. The average Bonchev–Trinajstić information content (AvgIpc) is 2.70. The van der Waals surface area contributed by atoms with Crippen molar-refractivity contribution in [1.82, 2.24) is 5.16 Å². The molecule has 1 aromatic heterocycles. The molecule has 0 unspecified atom stereocenters. The van der Waals surface area contributed by atoms with Crippen LogP contribution < -0.4 is 10.1 Å². The highest BCUT2D eigenvalue weighted by Crippen LogP contribution is 2.30. The Morgan fingerprint density at radius 3 is 2.52 bits per heavy atom. The van der Waals surface area contributed by atoms with Crippen molar-refractivity contribution in [3.8, 4) is 5.75 Å². The summed E-state index contributed by atoms with van der Waals surface area (Å²) in [5.41, 5.74) is 0.427. The number of alkyl halides is 3. The lowest BCUT2D eigenvalue weighted by Crippen LogP contribution is -2.20. The van der Waals surface area contributed by atoms with Crippen LogP contribution >= 0.6 is 0 Å². The van der Waals surface area contributed by atoms with E-state index in [1.807, 2.05) is 0 Å². The number of carbonyl (C=O) groups excluding carboxylic acids is 1. The molecule has 1 amide bonds. The number of hydrogen-bond donors (Lipinski definition) is 1. The zero-order valence-corrected chi connectivity index (χ0v) is 11.1. The van der Waals surface area contributed by atoms with E-state index in [0.717, 1.165) is 6.07 Å². The maximum absolute atomic E-state index is 12.3. The third kappa shape index (κ3) is 3.53. The molecular formula is C13H11F3N2O3. The Morgan fingerprint density at radius 1 is 1.29 bits per heavy atom. The number of anilines is 1. The van der Waals surface area contributed by atoms with Crippen molar-refractivity contribution in [3.63, 3.8) is 0 Å². The molecular weight excluding hydrogens is 289 g/mol. The van der Waals surface area contributed by atoms with Crippen LogP contribution in [0, 0.1) is 13.8 Å². The highest BCUT2D eigenvalue weighted by molar-refractivity contribution is 6.06. The molecule has 8 heteroatoms. The Hall–Kier alpha value is -2.51. The van der Waals surface area contributed by atoms with Gasteiger partial charge in [-0.15, -0.1) is 13.2 Å². The first-order chi connectivity index (χ1) is 9.78. The molecule has 5 nitrogen and oxygen atoms in total. The number of para-hydroxylation sites is 2. The van der Waals surface area contributed by atoms with E-state index in [0.29, 0.717) is 5.69 Å². The summed E-state index contributed by atoms with van der Waals surface area (Å²) in [5, 5.41) is 5.97. The third-order valence-electron chi connectivity index (χ3n) is 2.62. The molecule has 0 saturated heterocycles. The van der Waals surface area contributed by atoms with Gasteiger partial charge in [0.2, 0.25) is 0 Å². The van der Waals surface area contributed by atoms with Gasteiger partial charge in [0.05, 0.1) is 11.4 Å². The second-order valence-electron chi connectivity index (χ2n) is 4.20. The Bertz CT molecular complexity index is 645. The lowest BCUT2D eigenvalue weighted by Gasteiger charge is -2.13. The molecule has 112 valence electrons. The molecule has 0 saturated carbocycles. The van der Waals surface area contributed by atoms with E-state index in [4.69, 9.17) is 4.52 Å². The van der Waals surface area contributed by atoms with E-state index in [-0.39, 0.29) is 17.0 Å². The maximum atomic E-state index is 12.3. The van der Waals surface area contributed by atoms with E-state index in [1.165, 1.54) is 25.1 Å². The molecule has 0 spiro atoms.